The summed E-state index contributed by atoms with van der Waals surface area (Å²) in [5.74, 6) is 0. The molecular weight excluding hydrogens is 198 g/mol. The zero-order valence-corrected chi connectivity index (χ0v) is 8.88. The van der Waals surface area contributed by atoms with Crippen molar-refractivity contribution in [3.8, 4) is 0 Å². The largest absolute Gasteiger partial charge is 0.411 e. The Morgan fingerprint density at radius 2 is 1.44 bits per heavy atom. The van der Waals surface area contributed by atoms with Gasteiger partial charge in [-0.2, -0.15) is 0 Å². The van der Waals surface area contributed by atoms with Gasteiger partial charge in [-0.15, -0.1) is 0 Å². The highest BCUT2D eigenvalue weighted by Crippen LogP contribution is 2.08. The molecule has 0 saturated carbocycles. The van der Waals surface area contributed by atoms with Crippen molar-refractivity contribution < 1.29 is 5.21 Å². The van der Waals surface area contributed by atoms with Crippen molar-refractivity contribution in [3.05, 3.63) is 71.8 Å². The lowest BCUT2D eigenvalue weighted by Gasteiger charge is -2.04. The SMILES string of the molecule is ON=C(Cc1ccccc1)c1ccccc1. The predicted molar refractivity (Wildman–Crippen MR) is 64.9 cm³/mol. The number of oxime groups is 1. The second-order valence-electron chi connectivity index (χ2n) is 3.58. The molecule has 0 bridgehead atoms. The Morgan fingerprint density at radius 3 is 2.00 bits per heavy atom. The van der Waals surface area contributed by atoms with Gasteiger partial charge in [-0.3, -0.25) is 0 Å². The summed E-state index contributed by atoms with van der Waals surface area (Å²) in [6, 6.07) is 19.7. The van der Waals surface area contributed by atoms with Crippen molar-refractivity contribution in [2.45, 2.75) is 6.42 Å². The van der Waals surface area contributed by atoms with Crippen molar-refractivity contribution in [2.24, 2.45) is 5.16 Å². The number of benzene rings is 2. The molecule has 0 aliphatic carbocycles. The molecule has 0 aliphatic heterocycles. The molecule has 0 saturated heterocycles. The molecule has 0 aliphatic rings. The van der Waals surface area contributed by atoms with Crippen molar-refractivity contribution in [3.63, 3.8) is 0 Å². The standard InChI is InChI=1S/C14H13NO/c16-15-14(13-9-5-2-6-10-13)11-12-7-3-1-4-8-12/h1-10,16H,11H2. The maximum Gasteiger partial charge on any atom is 0.0911 e. The number of hydrogen-bond donors (Lipinski definition) is 1. The summed E-state index contributed by atoms with van der Waals surface area (Å²) in [4.78, 5) is 0. The van der Waals surface area contributed by atoms with E-state index in [0.717, 1.165) is 11.1 Å². The van der Waals surface area contributed by atoms with Crippen LogP contribution in [0.1, 0.15) is 11.1 Å². The highest BCUT2D eigenvalue weighted by molar-refractivity contribution is 6.01. The normalized spacial score (nSPS) is 11.4. The van der Waals surface area contributed by atoms with Crippen LogP contribution in [0.3, 0.4) is 0 Å². The topological polar surface area (TPSA) is 32.6 Å². The van der Waals surface area contributed by atoms with E-state index in [1.54, 1.807) is 0 Å². The minimum absolute atomic E-state index is 0.640. The molecule has 0 aromatic heterocycles. The van der Waals surface area contributed by atoms with Crippen molar-refractivity contribution >= 4 is 5.71 Å². The average Bonchev–Trinajstić information content (AvgIpc) is 2.38. The molecule has 0 spiro atoms. The van der Waals surface area contributed by atoms with Crippen molar-refractivity contribution in [1.82, 2.24) is 0 Å². The minimum Gasteiger partial charge on any atom is -0.411 e. The van der Waals surface area contributed by atoms with Crippen LogP contribution in [0.4, 0.5) is 0 Å². The van der Waals surface area contributed by atoms with E-state index in [2.05, 4.69) is 5.16 Å². The molecule has 0 atom stereocenters. The van der Waals surface area contributed by atoms with Gasteiger partial charge in [-0.05, 0) is 11.1 Å². The van der Waals surface area contributed by atoms with Crippen LogP contribution in [0.15, 0.2) is 65.8 Å². The fourth-order valence-electron chi connectivity index (χ4n) is 1.61. The lowest BCUT2D eigenvalue weighted by Crippen LogP contribution is -2.04. The third-order valence-electron chi connectivity index (χ3n) is 2.44. The molecule has 2 heteroatoms. The molecule has 0 heterocycles. The Labute approximate surface area is 94.9 Å². The fraction of sp³-hybridized carbons (Fsp3) is 0.0714. The Balaban J connectivity index is 2.20. The smallest absolute Gasteiger partial charge is 0.0911 e. The highest BCUT2D eigenvalue weighted by atomic mass is 16.4. The summed E-state index contributed by atoms with van der Waals surface area (Å²) < 4.78 is 0. The monoisotopic (exact) mass is 211 g/mol. The molecule has 0 fully saturated rings. The zero-order chi connectivity index (χ0) is 11.2. The lowest BCUT2D eigenvalue weighted by atomic mass is 10.0. The quantitative estimate of drug-likeness (QED) is 0.472. The van der Waals surface area contributed by atoms with Crippen LogP contribution in [0, 0.1) is 0 Å². The van der Waals surface area contributed by atoms with Gasteiger partial charge in [0.25, 0.3) is 0 Å². The first kappa shape index (κ1) is 10.4. The van der Waals surface area contributed by atoms with Gasteiger partial charge >= 0.3 is 0 Å². The molecule has 0 amide bonds. The first-order valence-corrected chi connectivity index (χ1v) is 5.20. The predicted octanol–water partition coefficient (Wildman–Crippen LogP) is 3.11. The maximum atomic E-state index is 9.03. The van der Waals surface area contributed by atoms with Gasteiger partial charge in [0.2, 0.25) is 0 Å². The van der Waals surface area contributed by atoms with E-state index >= 15 is 0 Å². The molecule has 1 N–H and O–H groups in total. The summed E-state index contributed by atoms with van der Waals surface area (Å²) >= 11 is 0. The van der Waals surface area contributed by atoms with Crippen LogP contribution >= 0.6 is 0 Å². The van der Waals surface area contributed by atoms with Gasteiger partial charge in [0.1, 0.15) is 0 Å². The fourth-order valence-corrected chi connectivity index (χ4v) is 1.61. The third-order valence-corrected chi connectivity index (χ3v) is 2.44. The van der Waals surface area contributed by atoms with E-state index in [0.29, 0.717) is 12.1 Å². The van der Waals surface area contributed by atoms with Gasteiger partial charge < -0.3 is 5.21 Å². The van der Waals surface area contributed by atoms with E-state index in [-0.39, 0.29) is 0 Å². The first-order chi connectivity index (χ1) is 7.90. The molecule has 0 radical (unpaired) electrons. The Bertz CT molecular complexity index is 463. The van der Waals surface area contributed by atoms with Gasteiger partial charge in [0.05, 0.1) is 5.71 Å². The molecule has 0 unspecified atom stereocenters. The summed E-state index contributed by atoms with van der Waals surface area (Å²) in [6.07, 6.45) is 0.640. The summed E-state index contributed by atoms with van der Waals surface area (Å²) in [5.41, 5.74) is 2.78. The van der Waals surface area contributed by atoms with E-state index in [1.807, 2.05) is 60.7 Å². The van der Waals surface area contributed by atoms with E-state index < -0.39 is 0 Å². The average molecular weight is 211 g/mol. The van der Waals surface area contributed by atoms with Crippen LogP contribution < -0.4 is 0 Å². The lowest BCUT2D eigenvalue weighted by molar-refractivity contribution is 0.318. The van der Waals surface area contributed by atoms with Crippen LogP contribution in [-0.2, 0) is 6.42 Å². The Kier molecular flexibility index (Phi) is 3.34. The van der Waals surface area contributed by atoms with Gasteiger partial charge in [0.15, 0.2) is 0 Å². The van der Waals surface area contributed by atoms with E-state index in [4.69, 9.17) is 5.21 Å². The Morgan fingerprint density at radius 1 is 0.875 bits per heavy atom. The number of nitrogens with zero attached hydrogens (tertiary/aromatic N) is 1. The van der Waals surface area contributed by atoms with Crippen molar-refractivity contribution in [2.75, 3.05) is 0 Å². The zero-order valence-electron chi connectivity index (χ0n) is 8.88. The minimum atomic E-state index is 0.640. The summed E-state index contributed by atoms with van der Waals surface area (Å²) in [5, 5.41) is 12.4. The van der Waals surface area contributed by atoms with E-state index in [9.17, 15) is 0 Å². The van der Waals surface area contributed by atoms with E-state index in [1.165, 1.54) is 0 Å². The Hall–Kier alpha value is -2.09. The number of hydrogen-bond acceptors (Lipinski definition) is 2. The highest BCUT2D eigenvalue weighted by Gasteiger charge is 2.04. The molecule has 2 aromatic carbocycles. The second-order valence-corrected chi connectivity index (χ2v) is 3.58. The van der Waals surface area contributed by atoms with Crippen LogP contribution in [0.2, 0.25) is 0 Å². The third kappa shape index (κ3) is 2.48. The maximum absolute atomic E-state index is 9.03. The molecule has 16 heavy (non-hydrogen) atoms. The van der Waals surface area contributed by atoms with Crippen molar-refractivity contribution in [1.29, 1.82) is 0 Å². The molecule has 2 aromatic rings. The summed E-state index contributed by atoms with van der Waals surface area (Å²) in [7, 11) is 0. The van der Waals surface area contributed by atoms with Gasteiger partial charge in [-0.25, -0.2) is 0 Å². The van der Waals surface area contributed by atoms with Gasteiger partial charge in [0, 0.05) is 6.42 Å². The first-order valence-electron chi connectivity index (χ1n) is 5.20. The molecule has 80 valence electrons. The summed E-state index contributed by atoms with van der Waals surface area (Å²) in [6.45, 7) is 0. The molecule has 2 nitrogen and oxygen atoms in total. The van der Waals surface area contributed by atoms with Crippen LogP contribution in [-0.4, -0.2) is 10.9 Å². The van der Waals surface area contributed by atoms with Crippen LogP contribution in [0.5, 0.6) is 0 Å². The molecular formula is C14H13NO. The molecule has 2 rings (SSSR count). The van der Waals surface area contributed by atoms with Crippen LogP contribution in [0.25, 0.3) is 0 Å². The second kappa shape index (κ2) is 5.12. The van der Waals surface area contributed by atoms with Gasteiger partial charge in [-0.1, -0.05) is 65.8 Å². The number of rotatable bonds is 3.